The summed E-state index contributed by atoms with van der Waals surface area (Å²) >= 11 is 1.72. The molecule has 0 unspecified atom stereocenters. The van der Waals surface area contributed by atoms with Gasteiger partial charge in [-0.1, -0.05) is 11.1 Å². The fourth-order valence-corrected chi connectivity index (χ4v) is 4.47. The molecule has 0 spiro atoms. The second kappa shape index (κ2) is 13.6. The molecule has 4 N–H and O–H groups in total. The monoisotopic (exact) mass is 500 g/mol. The van der Waals surface area contributed by atoms with Gasteiger partial charge >= 0.3 is 0 Å². The third-order valence-corrected chi connectivity index (χ3v) is 6.44. The van der Waals surface area contributed by atoms with Crippen LogP contribution in [-0.2, 0) is 16.2 Å². The summed E-state index contributed by atoms with van der Waals surface area (Å²) in [6.07, 6.45) is 5.63. The lowest BCUT2D eigenvalue weighted by Crippen LogP contribution is -2.37. The molecule has 3 aromatic rings. The first-order valence-electron chi connectivity index (χ1n) is 11.4. The van der Waals surface area contributed by atoms with Crippen molar-refractivity contribution >= 4 is 29.2 Å². The maximum Gasteiger partial charge on any atom is 0.246 e. The van der Waals surface area contributed by atoms with Crippen molar-refractivity contribution in [2.45, 2.75) is 32.1 Å². The van der Waals surface area contributed by atoms with Gasteiger partial charge in [-0.15, -0.1) is 11.3 Å². The molecule has 0 radical (unpaired) electrons. The van der Waals surface area contributed by atoms with E-state index >= 15 is 0 Å². The number of nitrogens with two attached hydrogens (primary N) is 1. The number of hydrogen-bond donors (Lipinski definition) is 3. The number of carbonyl (C=O) groups is 1. The van der Waals surface area contributed by atoms with Crippen molar-refractivity contribution < 1.29 is 24.2 Å². The molecule has 35 heavy (non-hydrogen) atoms. The molecular weight excluding hydrogens is 468 g/mol. The van der Waals surface area contributed by atoms with Crippen molar-refractivity contribution in [3.8, 4) is 5.75 Å². The molecule has 188 valence electrons. The van der Waals surface area contributed by atoms with Crippen LogP contribution in [0.4, 0.5) is 5.88 Å². The molecule has 4 heterocycles. The van der Waals surface area contributed by atoms with Gasteiger partial charge in [0.15, 0.2) is 11.6 Å². The third kappa shape index (κ3) is 7.93. The molecule has 1 amide bonds. The van der Waals surface area contributed by atoms with Crippen LogP contribution in [-0.4, -0.2) is 47.6 Å². The summed E-state index contributed by atoms with van der Waals surface area (Å²) in [6, 6.07) is 11.3. The Bertz CT molecular complexity index is 1080. The zero-order chi connectivity index (χ0) is 25.0. The zero-order valence-electron chi connectivity index (χ0n) is 20.0. The molecule has 1 fully saturated rings. The van der Waals surface area contributed by atoms with Gasteiger partial charge in [-0.25, -0.2) is 0 Å². The molecule has 4 rings (SSSR count). The molecule has 9 nitrogen and oxygen atoms in total. The number of likely N-dealkylation sites (tertiary alicyclic amines) is 1. The van der Waals surface area contributed by atoms with Crippen molar-refractivity contribution in [3.05, 3.63) is 69.9 Å². The van der Waals surface area contributed by atoms with E-state index in [4.69, 9.17) is 30.1 Å². The Morgan fingerprint density at radius 1 is 1.29 bits per heavy atom. The second-order valence-corrected chi connectivity index (χ2v) is 8.93. The Labute approximate surface area is 209 Å². The van der Waals surface area contributed by atoms with Gasteiger partial charge in [0.05, 0.1) is 5.69 Å². The number of nitrogen functional groups attached to an aromatic ring is 1. The number of aliphatic hydroxyl groups excluding tert-OH is 1. The van der Waals surface area contributed by atoms with Crippen LogP contribution < -0.4 is 16.1 Å². The number of rotatable bonds is 9. The predicted octanol–water partition coefficient (Wildman–Crippen LogP) is 3.71. The summed E-state index contributed by atoms with van der Waals surface area (Å²) in [6.45, 7) is 3.89. The highest BCUT2D eigenvalue weighted by Crippen LogP contribution is 2.33. The number of aryl methyl sites for hydroxylation is 1. The summed E-state index contributed by atoms with van der Waals surface area (Å²) in [5, 5.41) is 9.06. The number of hydroxylamine groups is 1. The molecular formula is C25H32N4O5S. The number of nitrogens with zero attached hydrogens (tertiary/aromatic N) is 2. The van der Waals surface area contributed by atoms with Crippen LogP contribution in [0.5, 0.6) is 5.75 Å². The highest BCUT2D eigenvalue weighted by Gasteiger charge is 2.26. The number of anilines is 1. The van der Waals surface area contributed by atoms with E-state index in [9.17, 15) is 4.79 Å². The van der Waals surface area contributed by atoms with Crippen molar-refractivity contribution in [3.63, 3.8) is 0 Å². The number of carbonyl (C=O) groups excluding carboxylic acids is 1. The molecule has 1 aliphatic rings. The molecule has 10 heteroatoms. The van der Waals surface area contributed by atoms with Gasteiger partial charge in [0, 0.05) is 55.4 Å². The molecule has 1 saturated heterocycles. The molecule has 0 atom stereocenters. The van der Waals surface area contributed by atoms with Crippen LogP contribution in [0, 0.1) is 6.92 Å². The second-order valence-electron chi connectivity index (χ2n) is 7.90. The maximum absolute atomic E-state index is 12.5. The van der Waals surface area contributed by atoms with Gasteiger partial charge in [0.25, 0.3) is 0 Å². The lowest BCUT2D eigenvalue weighted by Gasteiger charge is -2.31. The number of nitrogens with one attached hydrogen (secondary N) is 1. The number of aromatic nitrogens is 1. The van der Waals surface area contributed by atoms with Crippen LogP contribution >= 0.6 is 11.3 Å². The van der Waals surface area contributed by atoms with Crippen LogP contribution in [0.15, 0.2) is 52.3 Å². The highest BCUT2D eigenvalue weighted by atomic mass is 32.1. The van der Waals surface area contributed by atoms with Gasteiger partial charge in [0.1, 0.15) is 5.76 Å². The largest absolute Gasteiger partial charge is 0.442 e. The summed E-state index contributed by atoms with van der Waals surface area (Å²) in [5.74, 6) is 1.63. The Morgan fingerprint density at radius 3 is 2.77 bits per heavy atom. The number of amides is 1. The Hall–Kier alpha value is -3.18. The smallest absolute Gasteiger partial charge is 0.246 e. The van der Waals surface area contributed by atoms with E-state index in [0.717, 1.165) is 37.8 Å². The van der Waals surface area contributed by atoms with Crippen molar-refractivity contribution in [1.82, 2.24) is 15.4 Å². The van der Waals surface area contributed by atoms with Crippen LogP contribution in [0.3, 0.4) is 0 Å². The first-order chi connectivity index (χ1) is 17.1. The molecule has 1 aliphatic heterocycles. The average Bonchev–Trinajstić information content (AvgIpc) is 3.56. The molecule has 0 bridgehead atoms. The highest BCUT2D eigenvalue weighted by molar-refractivity contribution is 7.09. The first-order valence-corrected chi connectivity index (χ1v) is 12.3. The maximum atomic E-state index is 12.5. The van der Waals surface area contributed by atoms with E-state index in [1.165, 1.54) is 11.0 Å². The van der Waals surface area contributed by atoms with Gasteiger partial charge in [-0.3, -0.25) is 9.78 Å². The van der Waals surface area contributed by atoms with Gasteiger partial charge < -0.3 is 25.0 Å². The third-order valence-electron chi connectivity index (χ3n) is 5.50. The van der Waals surface area contributed by atoms with Crippen molar-refractivity contribution in [2.75, 3.05) is 32.5 Å². The van der Waals surface area contributed by atoms with Crippen molar-refractivity contribution in [1.29, 1.82) is 0 Å². The standard InChI is InChI=1S/C24H28N4O4S.CH4O/c1-17-4-7-21(31-32-26-13-10-20-3-2-16-33-20)24(27-17)18-11-14-28(15-12-18)23(29)9-6-19-5-8-22(25)30-19;1-2/h2-9,16,18,26H,10-15,25H2,1H3;2H,1H3/b9-6+;. The summed E-state index contributed by atoms with van der Waals surface area (Å²) in [7, 11) is 1.00. The number of aliphatic hydroxyl groups is 1. The van der Waals surface area contributed by atoms with Crippen LogP contribution in [0.2, 0.25) is 0 Å². The number of furan rings is 1. The van der Waals surface area contributed by atoms with E-state index in [1.54, 1.807) is 29.5 Å². The molecule has 0 aromatic carbocycles. The summed E-state index contributed by atoms with van der Waals surface area (Å²) in [5.41, 5.74) is 10.2. The quantitative estimate of drug-likeness (QED) is 0.176. The lowest BCUT2D eigenvalue weighted by atomic mass is 9.92. The van der Waals surface area contributed by atoms with E-state index in [0.29, 0.717) is 37.0 Å². The topological polar surface area (TPSA) is 123 Å². The lowest BCUT2D eigenvalue weighted by molar-refractivity contribution is -0.258. The fourth-order valence-electron chi connectivity index (χ4n) is 3.76. The Balaban J connectivity index is 0.00000167. The number of pyridine rings is 1. The Kier molecular flexibility index (Phi) is 10.3. The number of hydrogen-bond acceptors (Lipinski definition) is 9. The fraction of sp³-hybridized carbons (Fsp3) is 0.360. The normalized spacial score (nSPS) is 14.1. The van der Waals surface area contributed by atoms with E-state index in [1.807, 2.05) is 30.0 Å². The minimum absolute atomic E-state index is 0.0460. The first kappa shape index (κ1) is 26.4. The minimum Gasteiger partial charge on any atom is -0.442 e. The number of piperidine rings is 1. The average molecular weight is 501 g/mol. The van der Waals surface area contributed by atoms with Gasteiger partial charge in [-0.05, 0) is 61.9 Å². The van der Waals surface area contributed by atoms with Crippen LogP contribution in [0.25, 0.3) is 6.08 Å². The summed E-state index contributed by atoms with van der Waals surface area (Å²) < 4.78 is 5.27. The molecule has 0 aliphatic carbocycles. The van der Waals surface area contributed by atoms with Gasteiger partial charge in [-0.2, -0.15) is 5.48 Å². The molecule has 0 saturated carbocycles. The summed E-state index contributed by atoms with van der Waals surface area (Å²) in [4.78, 5) is 31.2. The molecule has 3 aromatic heterocycles. The van der Waals surface area contributed by atoms with Gasteiger partial charge in [0.2, 0.25) is 5.91 Å². The zero-order valence-corrected chi connectivity index (χ0v) is 20.8. The van der Waals surface area contributed by atoms with Crippen molar-refractivity contribution in [2.24, 2.45) is 0 Å². The minimum atomic E-state index is -0.0460. The van der Waals surface area contributed by atoms with E-state index < -0.39 is 0 Å². The predicted molar refractivity (Wildman–Crippen MR) is 136 cm³/mol. The SMILES string of the molecule is CO.Cc1ccc(OONCCc2cccs2)c(C2CCN(C(=O)/C=C/c3ccc(N)o3)CC2)n1. The number of thiophene rings is 1. The Morgan fingerprint density at radius 2 is 2.09 bits per heavy atom. The van der Waals surface area contributed by atoms with E-state index in [2.05, 4.69) is 16.9 Å². The van der Waals surface area contributed by atoms with Crippen LogP contribution in [0.1, 0.15) is 40.8 Å². The van der Waals surface area contributed by atoms with E-state index in [-0.39, 0.29) is 11.8 Å².